The summed E-state index contributed by atoms with van der Waals surface area (Å²) in [5.41, 5.74) is 1.97. The molecule has 0 saturated carbocycles. The number of Topliss-reactive ketones (excluding diaryl/α,β-unsaturated/α-hetero) is 1. The molecule has 0 fully saturated rings. The van der Waals surface area contributed by atoms with E-state index < -0.39 is 0 Å². The third kappa shape index (κ3) is 4.38. The van der Waals surface area contributed by atoms with Gasteiger partial charge in [-0.3, -0.25) is 4.79 Å². The molecular weight excluding hydrogens is 238 g/mol. The van der Waals surface area contributed by atoms with Crippen LogP contribution in [-0.2, 0) is 6.54 Å². The Hall–Kier alpha value is -1.87. The molecule has 0 N–H and O–H groups in total. The molecule has 2 rings (SSSR count). The normalized spacial score (nSPS) is 10.8. The minimum Gasteiger partial charge on any atom is -0.472 e. The fraction of sp³-hybridized carbons (Fsp3) is 0.312. The van der Waals surface area contributed by atoms with Crippen LogP contribution in [0.3, 0.4) is 0 Å². The van der Waals surface area contributed by atoms with Crippen LogP contribution in [0.1, 0.15) is 28.8 Å². The van der Waals surface area contributed by atoms with E-state index in [2.05, 4.69) is 11.9 Å². The second kappa shape index (κ2) is 6.90. The lowest BCUT2D eigenvalue weighted by atomic mass is 10.1. The fourth-order valence-electron chi connectivity index (χ4n) is 2.05. The lowest BCUT2D eigenvalue weighted by molar-refractivity contribution is 0.0976. The summed E-state index contributed by atoms with van der Waals surface area (Å²) in [6.45, 7) is 1.76. The van der Waals surface area contributed by atoms with E-state index in [1.807, 2.05) is 36.4 Å². The molecule has 0 atom stereocenters. The summed E-state index contributed by atoms with van der Waals surface area (Å²) in [4.78, 5) is 14.1. The maximum atomic E-state index is 11.9. The van der Waals surface area contributed by atoms with Gasteiger partial charge >= 0.3 is 0 Å². The van der Waals surface area contributed by atoms with Crippen molar-refractivity contribution in [3.05, 3.63) is 60.1 Å². The highest BCUT2D eigenvalue weighted by atomic mass is 16.3. The van der Waals surface area contributed by atoms with Crippen molar-refractivity contribution in [3.8, 4) is 0 Å². The minimum atomic E-state index is 0.220. The van der Waals surface area contributed by atoms with Gasteiger partial charge in [-0.05, 0) is 26.1 Å². The highest BCUT2D eigenvalue weighted by molar-refractivity contribution is 5.95. The van der Waals surface area contributed by atoms with Gasteiger partial charge in [0, 0.05) is 24.1 Å². The minimum absolute atomic E-state index is 0.220. The maximum absolute atomic E-state index is 11.9. The summed E-state index contributed by atoms with van der Waals surface area (Å²) in [6.07, 6.45) is 4.91. The quantitative estimate of drug-likeness (QED) is 0.713. The molecule has 0 bridgehead atoms. The van der Waals surface area contributed by atoms with Crippen LogP contribution in [0.15, 0.2) is 53.3 Å². The van der Waals surface area contributed by atoms with Crippen molar-refractivity contribution in [1.29, 1.82) is 0 Å². The average molecular weight is 257 g/mol. The lowest BCUT2D eigenvalue weighted by Gasteiger charge is -2.14. The molecule has 0 aliphatic heterocycles. The molecule has 0 radical (unpaired) electrons. The summed E-state index contributed by atoms with van der Waals surface area (Å²) in [5.74, 6) is 0.220. The first-order valence-corrected chi connectivity index (χ1v) is 6.53. The number of benzene rings is 1. The molecule has 100 valence electrons. The summed E-state index contributed by atoms with van der Waals surface area (Å²) < 4.78 is 5.04. The number of carbonyl (C=O) groups excluding carboxylic acids is 1. The molecule has 0 saturated heterocycles. The second-order valence-electron chi connectivity index (χ2n) is 4.76. The Morgan fingerprint density at radius 1 is 1.21 bits per heavy atom. The Kier molecular flexibility index (Phi) is 4.93. The van der Waals surface area contributed by atoms with Crippen LogP contribution in [0, 0.1) is 0 Å². The zero-order chi connectivity index (χ0) is 13.5. The van der Waals surface area contributed by atoms with Gasteiger partial charge in [-0.15, -0.1) is 0 Å². The molecule has 0 unspecified atom stereocenters. The molecule has 1 aromatic heterocycles. The summed E-state index contributed by atoms with van der Waals surface area (Å²) in [5, 5.41) is 0. The van der Waals surface area contributed by atoms with Crippen LogP contribution < -0.4 is 0 Å². The van der Waals surface area contributed by atoms with Crippen molar-refractivity contribution in [2.24, 2.45) is 0 Å². The van der Waals surface area contributed by atoms with E-state index in [1.165, 1.54) is 0 Å². The van der Waals surface area contributed by atoms with E-state index >= 15 is 0 Å². The number of ketones is 1. The molecule has 19 heavy (non-hydrogen) atoms. The largest absolute Gasteiger partial charge is 0.472 e. The standard InChI is InChI=1S/C16H19NO2/c1-17(12-14-9-11-19-13-14)10-5-8-16(18)15-6-3-2-4-7-15/h2-4,6-7,9,11,13H,5,8,10,12H2,1H3. The van der Waals surface area contributed by atoms with Crippen molar-refractivity contribution in [2.75, 3.05) is 13.6 Å². The molecule has 0 spiro atoms. The van der Waals surface area contributed by atoms with Crippen LogP contribution in [0.5, 0.6) is 0 Å². The van der Waals surface area contributed by atoms with Gasteiger partial charge in [-0.1, -0.05) is 30.3 Å². The predicted octanol–water partition coefficient (Wildman–Crippen LogP) is 3.37. The number of rotatable bonds is 7. The van der Waals surface area contributed by atoms with Crippen LogP contribution in [0.25, 0.3) is 0 Å². The van der Waals surface area contributed by atoms with Gasteiger partial charge < -0.3 is 9.32 Å². The fourth-order valence-corrected chi connectivity index (χ4v) is 2.05. The third-order valence-electron chi connectivity index (χ3n) is 3.07. The molecule has 2 aromatic rings. The SMILES string of the molecule is CN(CCCC(=O)c1ccccc1)Cc1ccoc1. The summed E-state index contributed by atoms with van der Waals surface area (Å²) >= 11 is 0. The number of nitrogens with zero attached hydrogens (tertiary/aromatic N) is 1. The first kappa shape index (κ1) is 13.6. The van der Waals surface area contributed by atoms with E-state index in [0.717, 1.165) is 30.6 Å². The van der Waals surface area contributed by atoms with Gasteiger partial charge in [0.15, 0.2) is 5.78 Å². The molecule has 3 heteroatoms. The zero-order valence-corrected chi connectivity index (χ0v) is 11.2. The van der Waals surface area contributed by atoms with Gasteiger partial charge in [0.1, 0.15) is 0 Å². The molecular formula is C16H19NO2. The zero-order valence-electron chi connectivity index (χ0n) is 11.2. The highest BCUT2D eigenvalue weighted by Gasteiger charge is 2.06. The molecule has 1 heterocycles. The Bertz CT molecular complexity index is 491. The van der Waals surface area contributed by atoms with E-state index in [4.69, 9.17) is 4.42 Å². The monoisotopic (exact) mass is 257 g/mol. The molecule has 0 amide bonds. The number of hydrogen-bond donors (Lipinski definition) is 0. The molecule has 0 aliphatic carbocycles. The van der Waals surface area contributed by atoms with Crippen LogP contribution in [0.4, 0.5) is 0 Å². The van der Waals surface area contributed by atoms with Crippen molar-refractivity contribution in [3.63, 3.8) is 0 Å². The maximum Gasteiger partial charge on any atom is 0.162 e. The van der Waals surface area contributed by atoms with E-state index in [-0.39, 0.29) is 5.78 Å². The highest BCUT2D eigenvalue weighted by Crippen LogP contribution is 2.07. The topological polar surface area (TPSA) is 33.5 Å². The van der Waals surface area contributed by atoms with Gasteiger partial charge in [0.05, 0.1) is 12.5 Å². The second-order valence-corrected chi connectivity index (χ2v) is 4.76. The van der Waals surface area contributed by atoms with Crippen LogP contribution in [-0.4, -0.2) is 24.3 Å². The number of carbonyl (C=O) groups is 1. The Morgan fingerprint density at radius 2 is 2.00 bits per heavy atom. The lowest BCUT2D eigenvalue weighted by Crippen LogP contribution is -2.19. The van der Waals surface area contributed by atoms with Crippen molar-refractivity contribution >= 4 is 5.78 Å². The van der Waals surface area contributed by atoms with Crippen molar-refractivity contribution < 1.29 is 9.21 Å². The Morgan fingerprint density at radius 3 is 2.68 bits per heavy atom. The number of furan rings is 1. The van der Waals surface area contributed by atoms with Gasteiger partial charge in [-0.2, -0.15) is 0 Å². The number of hydrogen-bond acceptors (Lipinski definition) is 3. The Balaban J connectivity index is 1.70. The summed E-state index contributed by atoms with van der Waals surface area (Å²) in [7, 11) is 2.06. The molecule has 0 aliphatic rings. The van der Waals surface area contributed by atoms with Gasteiger partial charge in [0.2, 0.25) is 0 Å². The van der Waals surface area contributed by atoms with E-state index in [1.54, 1.807) is 12.5 Å². The van der Waals surface area contributed by atoms with E-state index in [0.29, 0.717) is 6.42 Å². The summed E-state index contributed by atoms with van der Waals surface area (Å²) in [6, 6.07) is 11.4. The first-order valence-electron chi connectivity index (χ1n) is 6.53. The molecule has 1 aromatic carbocycles. The Labute approximate surface area is 113 Å². The smallest absolute Gasteiger partial charge is 0.162 e. The van der Waals surface area contributed by atoms with Crippen molar-refractivity contribution in [1.82, 2.24) is 4.90 Å². The predicted molar refractivity (Wildman–Crippen MR) is 75.0 cm³/mol. The third-order valence-corrected chi connectivity index (χ3v) is 3.07. The van der Waals surface area contributed by atoms with E-state index in [9.17, 15) is 4.79 Å². The van der Waals surface area contributed by atoms with Crippen molar-refractivity contribution in [2.45, 2.75) is 19.4 Å². The van der Waals surface area contributed by atoms with Crippen LogP contribution >= 0.6 is 0 Å². The molecule has 3 nitrogen and oxygen atoms in total. The first-order chi connectivity index (χ1) is 9.25. The van der Waals surface area contributed by atoms with Gasteiger partial charge in [-0.25, -0.2) is 0 Å². The average Bonchev–Trinajstić information content (AvgIpc) is 2.92. The van der Waals surface area contributed by atoms with Crippen LogP contribution in [0.2, 0.25) is 0 Å². The van der Waals surface area contributed by atoms with Gasteiger partial charge in [0.25, 0.3) is 0 Å².